The van der Waals surface area contributed by atoms with Crippen LogP contribution in [0.4, 0.5) is 0 Å². The Balaban J connectivity index is 1.52. The second-order valence-electron chi connectivity index (χ2n) is 5.82. The molecule has 0 atom stereocenters. The van der Waals surface area contributed by atoms with Crippen molar-refractivity contribution in [3.63, 3.8) is 0 Å². The molecule has 0 bridgehead atoms. The summed E-state index contributed by atoms with van der Waals surface area (Å²) in [5.41, 5.74) is 1.97. The minimum atomic E-state index is 0.497. The maximum atomic E-state index is 5.95. The molecule has 0 radical (unpaired) electrons. The number of nitrogens with zero attached hydrogens (tertiary/aromatic N) is 2. The summed E-state index contributed by atoms with van der Waals surface area (Å²) in [7, 11) is 1.65. The van der Waals surface area contributed by atoms with Crippen LogP contribution in [0.15, 0.2) is 53.7 Å². The number of fused-ring (bicyclic) bond motifs is 1. The zero-order chi connectivity index (χ0) is 16.4. The normalized spacial score (nSPS) is 13.9. The van der Waals surface area contributed by atoms with E-state index in [-0.39, 0.29) is 0 Å². The monoisotopic (exact) mass is 338 g/mol. The Kier molecular flexibility index (Phi) is 4.26. The summed E-state index contributed by atoms with van der Waals surface area (Å²) in [6.07, 6.45) is 4.19. The topological polar surface area (TPSA) is 44.2 Å². The molecule has 0 aliphatic heterocycles. The van der Waals surface area contributed by atoms with E-state index >= 15 is 0 Å². The average Bonchev–Trinajstić information content (AvgIpc) is 3.43. The number of hydrogen-bond donors (Lipinski definition) is 0. The number of methoxy groups -OCH3 is 1. The average molecular weight is 338 g/mol. The van der Waals surface area contributed by atoms with Crippen LogP contribution in [0.3, 0.4) is 0 Å². The molecule has 1 aliphatic rings. The van der Waals surface area contributed by atoms with Gasteiger partial charge in [-0.1, -0.05) is 12.1 Å². The lowest BCUT2D eigenvalue weighted by Gasteiger charge is -2.09. The molecule has 0 saturated heterocycles. The van der Waals surface area contributed by atoms with Gasteiger partial charge in [0.25, 0.3) is 0 Å². The van der Waals surface area contributed by atoms with Gasteiger partial charge in [-0.15, -0.1) is 11.8 Å². The highest BCUT2D eigenvalue weighted by atomic mass is 32.2. The highest BCUT2D eigenvalue weighted by molar-refractivity contribution is 8.00. The Morgan fingerprint density at radius 1 is 1.12 bits per heavy atom. The zero-order valence-electron chi connectivity index (χ0n) is 13.4. The van der Waals surface area contributed by atoms with Gasteiger partial charge in [0.2, 0.25) is 5.88 Å². The maximum absolute atomic E-state index is 5.95. The smallest absolute Gasteiger partial charge is 0.224 e. The molecule has 0 unspecified atom stereocenters. The highest BCUT2D eigenvalue weighted by Gasteiger charge is 2.22. The Labute approximate surface area is 145 Å². The third-order valence-electron chi connectivity index (χ3n) is 3.91. The van der Waals surface area contributed by atoms with Crippen molar-refractivity contribution >= 4 is 22.7 Å². The fourth-order valence-electron chi connectivity index (χ4n) is 2.49. The lowest BCUT2D eigenvalue weighted by Crippen LogP contribution is -1.99. The third kappa shape index (κ3) is 3.46. The molecule has 2 aromatic carbocycles. The number of thioether (sulfide) groups is 1. The first-order valence-electron chi connectivity index (χ1n) is 7.99. The molecule has 3 aromatic rings. The van der Waals surface area contributed by atoms with Crippen LogP contribution in [0, 0.1) is 0 Å². The summed E-state index contributed by atoms with van der Waals surface area (Å²) in [6, 6.07) is 14.3. The SMILES string of the molecule is COc1ccc2c(OCc3cccc(SC4CC4)c3)ncnc2c1. The Morgan fingerprint density at radius 3 is 2.88 bits per heavy atom. The molecule has 24 heavy (non-hydrogen) atoms. The molecule has 0 amide bonds. The molecule has 4 nitrogen and oxygen atoms in total. The minimum Gasteiger partial charge on any atom is -0.497 e. The number of rotatable bonds is 6. The summed E-state index contributed by atoms with van der Waals surface area (Å²) >= 11 is 1.96. The summed E-state index contributed by atoms with van der Waals surface area (Å²) in [5, 5.41) is 1.70. The van der Waals surface area contributed by atoms with Crippen LogP contribution < -0.4 is 9.47 Å². The lowest BCUT2D eigenvalue weighted by atomic mass is 10.2. The van der Waals surface area contributed by atoms with Gasteiger partial charge in [0.1, 0.15) is 18.7 Å². The quantitative estimate of drug-likeness (QED) is 0.663. The molecule has 1 fully saturated rings. The summed E-state index contributed by atoms with van der Waals surface area (Å²) in [6.45, 7) is 0.497. The van der Waals surface area contributed by atoms with Gasteiger partial charge in [0.15, 0.2) is 0 Å². The predicted molar refractivity (Wildman–Crippen MR) is 95.7 cm³/mol. The van der Waals surface area contributed by atoms with Crippen LogP contribution in [0.2, 0.25) is 0 Å². The van der Waals surface area contributed by atoms with Crippen molar-refractivity contribution in [2.24, 2.45) is 0 Å². The Hall–Kier alpha value is -2.27. The standard InChI is InChI=1S/C19H18N2O2S/c1-22-14-5-8-17-18(10-14)20-12-21-19(17)23-11-13-3-2-4-16(9-13)24-15-6-7-15/h2-5,8-10,12,15H,6-7,11H2,1H3. The predicted octanol–water partition coefficient (Wildman–Crippen LogP) is 4.47. The van der Waals surface area contributed by atoms with Crippen molar-refractivity contribution in [1.82, 2.24) is 9.97 Å². The van der Waals surface area contributed by atoms with E-state index in [4.69, 9.17) is 9.47 Å². The van der Waals surface area contributed by atoms with E-state index in [9.17, 15) is 0 Å². The maximum Gasteiger partial charge on any atom is 0.224 e. The first kappa shape index (κ1) is 15.3. The summed E-state index contributed by atoms with van der Waals surface area (Å²) in [4.78, 5) is 9.88. The molecular formula is C19H18N2O2S. The zero-order valence-corrected chi connectivity index (χ0v) is 14.3. The molecule has 122 valence electrons. The summed E-state index contributed by atoms with van der Waals surface area (Å²) in [5.74, 6) is 1.37. The van der Waals surface area contributed by atoms with Gasteiger partial charge in [0.05, 0.1) is 18.0 Å². The van der Waals surface area contributed by atoms with Crippen molar-refractivity contribution in [2.75, 3.05) is 7.11 Å². The second-order valence-corrected chi connectivity index (χ2v) is 7.19. The van der Waals surface area contributed by atoms with E-state index in [1.165, 1.54) is 24.1 Å². The van der Waals surface area contributed by atoms with Crippen LogP contribution in [0.25, 0.3) is 10.9 Å². The fraction of sp³-hybridized carbons (Fsp3) is 0.263. The summed E-state index contributed by atoms with van der Waals surface area (Å²) < 4.78 is 11.2. The fourth-order valence-corrected chi connectivity index (χ4v) is 3.63. The number of aromatic nitrogens is 2. The number of benzene rings is 2. The van der Waals surface area contributed by atoms with Crippen LogP contribution in [0.5, 0.6) is 11.6 Å². The van der Waals surface area contributed by atoms with Crippen molar-refractivity contribution in [1.29, 1.82) is 0 Å². The molecule has 0 N–H and O–H groups in total. The van der Waals surface area contributed by atoms with E-state index in [1.54, 1.807) is 7.11 Å². The van der Waals surface area contributed by atoms with E-state index in [0.717, 1.165) is 27.5 Å². The highest BCUT2D eigenvalue weighted by Crippen LogP contribution is 2.39. The van der Waals surface area contributed by atoms with Gasteiger partial charge >= 0.3 is 0 Å². The Morgan fingerprint density at radius 2 is 2.04 bits per heavy atom. The van der Waals surface area contributed by atoms with Gasteiger partial charge in [-0.3, -0.25) is 0 Å². The van der Waals surface area contributed by atoms with Crippen LogP contribution in [-0.4, -0.2) is 22.3 Å². The van der Waals surface area contributed by atoms with Crippen LogP contribution in [0.1, 0.15) is 18.4 Å². The van der Waals surface area contributed by atoms with Crippen LogP contribution in [-0.2, 0) is 6.61 Å². The van der Waals surface area contributed by atoms with Gasteiger partial charge in [-0.05, 0) is 42.7 Å². The second kappa shape index (κ2) is 6.69. The molecular weight excluding hydrogens is 320 g/mol. The Bertz CT molecular complexity index is 865. The molecule has 1 saturated carbocycles. The molecule has 1 aromatic heterocycles. The van der Waals surface area contributed by atoms with Crippen molar-refractivity contribution < 1.29 is 9.47 Å². The van der Waals surface area contributed by atoms with E-state index < -0.39 is 0 Å². The van der Waals surface area contributed by atoms with Crippen LogP contribution >= 0.6 is 11.8 Å². The largest absolute Gasteiger partial charge is 0.497 e. The molecule has 0 spiro atoms. The lowest BCUT2D eigenvalue weighted by molar-refractivity contribution is 0.297. The molecule has 1 aliphatic carbocycles. The van der Waals surface area contributed by atoms with E-state index in [2.05, 4.69) is 34.2 Å². The van der Waals surface area contributed by atoms with E-state index in [1.807, 2.05) is 30.0 Å². The van der Waals surface area contributed by atoms with Gasteiger partial charge < -0.3 is 9.47 Å². The van der Waals surface area contributed by atoms with Gasteiger partial charge in [-0.2, -0.15) is 0 Å². The first-order chi connectivity index (χ1) is 11.8. The van der Waals surface area contributed by atoms with Crippen molar-refractivity contribution in [2.45, 2.75) is 29.6 Å². The molecule has 1 heterocycles. The van der Waals surface area contributed by atoms with Crippen molar-refractivity contribution in [3.8, 4) is 11.6 Å². The van der Waals surface area contributed by atoms with Gasteiger partial charge in [-0.25, -0.2) is 9.97 Å². The number of hydrogen-bond acceptors (Lipinski definition) is 5. The minimum absolute atomic E-state index is 0.497. The van der Waals surface area contributed by atoms with E-state index in [0.29, 0.717) is 12.5 Å². The van der Waals surface area contributed by atoms with Crippen molar-refractivity contribution in [3.05, 3.63) is 54.4 Å². The first-order valence-corrected chi connectivity index (χ1v) is 8.87. The third-order valence-corrected chi connectivity index (χ3v) is 5.24. The van der Waals surface area contributed by atoms with Gasteiger partial charge in [0, 0.05) is 16.2 Å². The molecule has 4 rings (SSSR count). The number of ether oxygens (including phenoxy) is 2. The molecule has 5 heteroatoms.